The van der Waals surface area contributed by atoms with Crippen molar-refractivity contribution in [3.05, 3.63) is 54.1 Å². The standard InChI is InChI=1S/C20H23NO5S/c1-25-18-9-8-15(12-19(18)26-2)13-20(22)21-11-10-17(14-21)27(23,24)16-6-4-3-5-7-16/h3-9,12,17H,10-11,13-14H2,1-2H3/t17-/m0/s1. The fraction of sp³-hybridized carbons (Fsp3) is 0.350. The minimum atomic E-state index is -3.43. The highest BCUT2D eigenvalue weighted by atomic mass is 32.2. The summed E-state index contributed by atoms with van der Waals surface area (Å²) in [6.07, 6.45) is 0.646. The van der Waals surface area contributed by atoms with Gasteiger partial charge in [-0.15, -0.1) is 0 Å². The summed E-state index contributed by atoms with van der Waals surface area (Å²) in [5.74, 6) is 1.07. The molecule has 27 heavy (non-hydrogen) atoms. The zero-order valence-electron chi connectivity index (χ0n) is 15.4. The third-order valence-electron chi connectivity index (χ3n) is 4.81. The van der Waals surface area contributed by atoms with Crippen molar-refractivity contribution >= 4 is 15.7 Å². The molecule has 1 saturated heterocycles. The topological polar surface area (TPSA) is 72.9 Å². The van der Waals surface area contributed by atoms with Crippen LogP contribution in [0.25, 0.3) is 0 Å². The molecular formula is C20H23NO5S. The van der Waals surface area contributed by atoms with E-state index in [1.165, 1.54) is 0 Å². The van der Waals surface area contributed by atoms with E-state index in [1.807, 2.05) is 6.07 Å². The van der Waals surface area contributed by atoms with Gasteiger partial charge in [0.2, 0.25) is 5.91 Å². The number of amides is 1. The number of methoxy groups -OCH3 is 2. The van der Waals surface area contributed by atoms with Crippen molar-refractivity contribution in [2.45, 2.75) is 23.0 Å². The molecule has 0 aliphatic carbocycles. The van der Waals surface area contributed by atoms with Crippen molar-refractivity contribution in [2.75, 3.05) is 27.3 Å². The average Bonchev–Trinajstić information content (AvgIpc) is 3.20. The molecule has 6 nitrogen and oxygen atoms in total. The van der Waals surface area contributed by atoms with Gasteiger partial charge in [-0.3, -0.25) is 4.79 Å². The fourth-order valence-electron chi connectivity index (χ4n) is 3.29. The molecule has 7 heteroatoms. The Morgan fingerprint density at radius 1 is 1.07 bits per heavy atom. The summed E-state index contributed by atoms with van der Waals surface area (Å²) in [5, 5.41) is -0.561. The number of carbonyl (C=O) groups excluding carboxylic acids is 1. The van der Waals surface area contributed by atoms with Gasteiger partial charge in [0.05, 0.1) is 30.8 Å². The van der Waals surface area contributed by atoms with Gasteiger partial charge >= 0.3 is 0 Å². The largest absolute Gasteiger partial charge is 0.493 e. The zero-order chi connectivity index (χ0) is 19.4. The number of hydrogen-bond acceptors (Lipinski definition) is 5. The zero-order valence-corrected chi connectivity index (χ0v) is 16.2. The SMILES string of the molecule is COc1ccc(CC(=O)N2CC[C@H](S(=O)(=O)c3ccccc3)C2)cc1OC. The van der Waals surface area contributed by atoms with Crippen LogP contribution in [0.15, 0.2) is 53.4 Å². The first kappa shape index (κ1) is 19.2. The van der Waals surface area contributed by atoms with Crippen LogP contribution in [0.5, 0.6) is 11.5 Å². The van der Waals surface area contributed by atoms with Crippen LogP contribution in [-0.4, -0.2) is 51.8 Å². The molecule has 1 heterocycles. The maximum atomic E-state index is 12.7. The minimum absolute atomic E-state index is 0.0898. The highest BCUT2D eigenvalue weighted by Gasteiger charge is 2.35. The van der Waals surface area contributed by atoms with Gasteiger partial charge in [0.1, 0.15) is 0 Å². The lowest BCUT2D eigenvalue weighted by Crippen LogP contribution is -2.33. The summed E-state index contributed by atoms with van der Waals surface area (Å²) in [7, 11) is -0.328. The number of likely N-dealkylation sites (tertiary alicyclic amines) is 1. The maximum absolute atomic E-state index is 12.7. The Morgan fingerprint density at radius 2 is 1.78 bits per heavy atom. The average molecular weight is 389 g/mol. The first-order valence-electron chi connectivity index (χ1n) is 8.73. The summed E-state index contributed by atoms with van der Waals surface area (Å²) in [5.41, 5.74) is 0.798. The molecule has 0 bridgehead atoms. The van der Waals surface area contributed by atoms with E-state index >= 15 is 0 Å². The molecule has 1 fully saturated rings. The van der Waals surface area contributed by atoms with E-state index in [2.05, 4.69) is 0 Å². The summed E-state index contributed by atoms with van der Waals surface area (Å²) < 4.78 is 36.0. The van der Waals surface area contributed by atoms with Crippen molar-refractivity contribution in [3.63, 3.8) is 0 Å². The number of nitrogens with zero attached hydrogens (tertiary/aromatic N) is 1. The van der Waals surface area contributed by atoms with Crippen LogP contribution < -0.4 is 9.47 Å². The molecule has 3 rings (SSSR count). The van der Waals surface area contributed by atoms with Crippen LogP contribution in [-0.2, 0) is 21.1 Å². The van der Waals surface area contributed by atoms with Crippen molar-refractivity contribution in [1.29, 1.82) is 0 Å². The van der Waals surface area contributed by atoms with Gasteiger partial charge < -0.3 is 14.4 Å². The van der Waals surface area contributed by atoms with E-state index in [-0.39, 0.29) is 18.9 Å². The second-order valence-electron chi connectivity index (χ2n) is 6.47. The van der Waals surface area contributed by atoms with E-state index in [0.717, 1.165) is 5.56 Å². The lowest BCUT2D eigenvalue weighted by atomic mass is 10.1. The lowest BCUT2D eigenvalue weighted by molar-refractivity contribution is -0.129. The molecule has 0 N–H and O–H groups in total. The lowest BCUT2D eigenvalue weighted by Gasteiger charge is -2.17. The van der Waals surface area contributed by atoms with Gasteiger partial charge in [0, 0.05) is 13.1 Å². The highest BCUT2D eigenvalue weighted by molar-refractivity contribution is 7.92. The molecule has 1 aliphatic heterocycles. The Kier molecular flexibility index (Phi) is 5.70. The van der Waals surface area contributed by atoms with Crippen LogP contribution >= 0.6 is 0 Å². The quantitative estimate of drug-likeness (QED) is 0.758. The van der Waals surface area contributed by atoms with Crippen molar-refractivity contribution < 1.29 is 22.7 Å². The third kappa shape index (κ3) is 4.08. The molecule has 1 atom stereocenters. The van der Waals surface area contributed by atoms with Crippen LogP contribution in [0.4, 0.5) is 0 Å². The van der Waals surface area contributed by atoms with Crippen molar-refractivity contribution in [1.82, 2.24) is 4.90 Å². The third-order valence-corrected chi connectivity index (χ3v) is 7.00. The molecule has 0 saturated carbocycles. The molecule has 0 radical (unpaired) electrons. The second kappa shape index (κ2) is 8.00. The monoisotopic (exact) mass is 389 g/mol. The molecule has 0 unspecified atom stereocenters. The number of ether oxygens (including phenoxy) is 2. The van der Waals surface area contributed by atoms with E-state index in [0.29, 0.717) is 29.4 Å². The molecule has 0 spiro atoms. The summed E-state index contributed by atoms with van der Waals surface area (Å²) in [4.78, 5) is 14.6. The van der Waals surface area contributed by atoms with Crippen molar-refractivity contribution in [3.8, 4) is 11.5 Å². The minimum Gasteiger partial charge on any atom is -0.493 e. The van der Waals surface area contributed by atoms with Gasteiger partial charge in [-0.1, -0.05) is 24.3 Å². The van der Waals surface area contributed by atoms with E-state index in [4.69, 9.17) is 9.47 Å². The van der Waals surface area contributed by atoms with E-state index < -0.39 is 15.1 Å². The molecule has 2 aromatic carbocycles. The predicted octanol–water partition coefficient (Wildman–Crippen LogP) is 2.32. The maximum Gasteiger partial charge on any atom is 0.227 e. The molecule has 2 aromatic rings. The second-order valence-corrected chi connectivity index (χ2v) is 8.70. The first-order chi connectivity index (χ1) is 13.0. The number of rotatable bonds is 6. The van der Waals surface area contributed by atoms with Crippen LogP contribution in [0.2, 0.25) is 0 Å². The smallest absolute Gasteiger partial charge is 0.227 e. The molecule has 0 aromatic heterocycles. The Hall–Kier alpha value is -2.54. The molecule has 1 aliphatic rings. The van der Waals surface area contributed by atoms with E-state index in [9.17, 15) is 13.2 Å². The van der Waals surface area contributed by atoms with Gasteiger partial charge in [-0.05, 0) is 36.2 Å². The molecule has 144 valence electrons. The Bertz CT molecular complexity index is 911. The van der Waals surface area contributed by atoms with E-state index in [1.54, 1.807) is 61.6 Å². The van der Waals surface area contributed by atoms with Crippen LogP contribution in [0.1, 0.15) is 12.0 Å². The van der Waals surface area contributed by atoms with Gasteiger partial charge in [0.25, 0.3) is 0 Å². The number of sulfone groups is 1. The highest BCUT2D eigenvalue weighted by Crippen LogP contribution is 2.28. The van der Waals surface area contributed by atoms with Crippen LogP contribution in [0, 0.1) is 0 Å². The predicted molar refractivity (Wildman–Crippen MR) is 102 cm³/mol. The number of carbonyl (C=O) groups is 1. The van der Waals surface area contributed by atoms with Gasteiger partial charge in [0.15, 0.2) is 21.3 Å². The van der Waals surface area contributed by atoms with Gasteiger partial charge in [-0.25, -0.2) is 8.42 Å². The first-order valence-corrected chi connectivity index (χ1v) is 10.3. The Morgan fingerprint density at radius 3 is 2.44 bits per heavy atom. The number of hydrogen-bond donors (Lipinski definition) is 0. The summed E-state index contributed by atoms with van der Waals surface area (Å²) >= 11 is 0. The van der Waals surface area contributed by atoms with Crippen molar-refractivity contribution in [2.24, 2.45) is 0 Å². The Labute approximate surface area is 159 Å². The normalized spacial score (nSPS) is 17.0. The summed E-state index contributed by atoms with van der Waals surface area (Å²) in [6.45, 7) is 0.673. The van der Waals surface area contributed by atoms with Gasteiger partial charge in [-0.2, -0.15) is 0 Å². The fourth-order valence-corrected chi connectivity index (χ4v) is 5.00. The molecular weight excluding hydrogens is 366 g/mol. The summed E-state index contributed by atoms with van der Waals surface area (Å²) in [6, 6.07) is 13.7. The molecule has 1 amide bonds. The number of benzene rings is 2. The Balaban J connectivity index is 1.68. The van der Waals surface area contributed by atoms with Crippen LogP contribution in [0.3, 0.4) is 0 Å².